The van der Waals surface area contributed by atoms with Crippen molar-refractivity contribution in [1.82, 2.24) is 35.0 Å². The maximum absolute atomic E-state index is 12.6. The van der Waals surface area contributed by atoms with Crippen molar-refractivity contribution in [2.24, 2.45) is 5.92 Å². The number of aliphatic hydroxyl groups is 1. The summed E-state index contributed by atoms with van der Waals surface area (Å²) in [5, 5.41) is 24.5. The maximum Gasteiger partial charge on any atom is 0.269 e. The summed E-state index contributed by atoms with van der Waals surface area (Å²) in [6.45, 7) is 7.44. The van der Waals surface area contributed by atoms with Crippen molar-refractivity contribution in [2.45, 2.75) is 71.2 Å². The Morgan fingerprint density at radius 2 is 2.03 bits per heavy atom. The molecule has 3 heterocycles. The number of carbonyl (C=O) groups is 2. The molecule has 1 saturated carbocycles. The molecule has 0 bridgehead atoms. The van der Waals surface area contributed by atoms with E-state index in [2.05, 4.69) is 25.8 Å². The summed E-state index contributed by atoms with van der Waals surface area (Å²) in [4.78, 5) is 29.6. The average Bonchev–Trinajstić information content (AvgIpc) is 3.29. The van der Waals surface area contributed by atoms with Crippen LogP contribution in [0, 0.1) is 5.92 Å². The zero-order valence-electron chi connectivity index (χ0n) is 19.4. The third-order valence-corrected chi connectivity index (χ3v) is 5.58. The minimum atomic E-state index is -1.06. The lowest BCUT2D eigenvalue weighted by Crippen LogP contribution is -2.35. The molecular weight excluding hydrogens is 422 g/mol. The van der Waals surface area contributed by atoms with Gasteiger partial charge in [-0.15, -0.1) is 0 Å². The molecule has 10 nitrogen and oxygen atoms in total. The van der Waals surface area contributed by atoms with E-state index < -0.39 is 5.60 Å². The lowest BCUT2D eigenvalue weighted by atomic mass is 10.0. The monoisotopic (exact) mass is 453 g/mol. The Hall–Kier alpha value is -3.27. The predicted octanol–water partition coefficient (Wildman–Crippen LogP) is 2.16. The van der Waals surface area contributed by atoms with Crippen LogP contribution < -0.4 is 10.6 Å². The molecule has 1 aliphatic rings. The molecule has 33 heavy (non-hydrogen) atoms. The highest BCUT2D eigenvalue weighted by Gasteiger charge is 2.34. The predicted molar refractivity (Wildman–Crippen MR) is 121 cm³/mol. The first-order chi connectivity index (χ1) is 15.6. The Morgan fingerprint density at radius 3 is 2.70 bits per heavy atom. The Balaban J connectivity index is 1.46. The van der Waals surface area contributed by atoms with Gasteiger partial charge in [-0.05, 0) is 64.2 Å². The van der Waals surface area contributed by atoms with E-state index in [0.29, 0.717) is 23.0 Å². The Labute approximate surface area is 192 Å². The van der Waals surface area contributed by atoms with Crippen LogP contribution in [-0.4, -0.2) is 46.9 Å². The second-order valence-electron chi connectivity index (χ2n) is 9.63. The number of rotatable bonds is 9. The van der Waals surface area contributed by atoms with Crippen LogP contribution in [0.1, 0.15) is 80.8 Å². The zero-order chi connectivity index (χ0) is 23.8. The van der Waals surface area contributed by atoms with E-state index in [1.807, 2.05) is 19.9 Å². The molecular formula is C23H31N7O3. The van der Waals surface area contributed by atoms with Gasteiger partial charge in [0.1, 0.15) is 5.69 Å². The summed E-state index contributed by atoms with van der Waals surface area (Å²) in [7, 11) is 0. The van der Waals surface area contributed by atoms with Gasteiger partial charge in [0.05, 0.1) is 42.7 Å². The molecule has 2 amide bonds. The van der Waals surface area contributed by atoms with Crippen molar-refractivity contribution in [3.8, 4) is 0 Å². The van der Waals surface area contributed by atoms with Crippen molar-refractivity contribution in [2.75, 3.05) is 0 Å². The largest absolute Gasteiger partial charge is 0.390 e. The summed E-state index contributed by atoms with van der Waals surface area (Å²) >= 11 is 0. The van der Waals surface area contributed by atoms with Crippen molar-refractivity contribution < 1.29 is 14.7 Å². The van der Waals surface area contributed by atoms with Gasteiger partial charge in [0, 0.05) is 12.2 Å². The summed E-state index contributed by atoms with van der Waals surface area (Å²) in [6.07, 6.45) is 7.25. The number of hydrogen-bond acceptors (Lipinski definition) is 6. The smallest absolute Gasteiger partial charge is 0.269 e. The van der Waals surface area contributed by atoms with Gasteiger partial charge in [-0.1, -0.05) is 0 Å². The second-order valence-corrected chi connectivity index (χ2v) is 9.63. The lowest BCUT2D eigenvalue weighted by Gasteiger charge is -2.22. The SMILES string of the molecule is CC(C)n1nccc1C(=O)NCc1cn2ncc(C(NC(=O)CC(C)(C)O)C3CC3)cc2n1. The van der Waals surface area contributed by atoms with Crippen LogP contribution in [0.4, 0.5) is 0 Å². The van der Waals surface area contributed by atoms with Gasteiger partial charge in [0.15, 0.2) is 5.65 Å². The summed E-state index contributed by atoms with van der Waals surface area (Å²) in [5.41, 5.74) is 1.65. The molecule has 3 N–H and O–H groups in total. The van der Waals surface area contributed by atoms with Crippen LogP contribution in [0.25, 0.3) is 5.65 Å². The van der Waals surface area contributed by atoms with E-state index in [1.54, 1.807) is 47.7 Å². The fourth-order valence-corrected chi connectivity index (χ4v) is 3.88. The molecule has 10 heteroatoms. The first-order valence-electron chi connectivity index (χ1n) is 11.3. The summed E-state index contributed by atoms with van der Waals surface area (Å²) < 4.78 is 3.34. The molecule has 0 aromatic carbocycles. The number of fused-ring (bicyclic) bond motifs is 1. The van der Waals surface area contributed by atoms with Crippen LogP contribution in [0.5, 0.6) is 0 Å². The number of aromatic nitrogens is 5. The summed E-state index contributed by atoms with van der Waals surface area (Å²) in [5.74, 6) is -0.0404. The maximum atomic E-state index is 12.6. The number of nitrogens with one attached hydrogen (secondary N) is 2. The zero-order valence-corrected chi connectivity index (χ0v) is 19.4. The van der Waals surface area contributed by atoms with Gasteiger partial charge >= 0.3 is 0 Å². The minimum Gasteiger partial charge on any atom is -0.390 e. The van der Waals surface area contributed by atoms with Crippen molar-refractivity contribution >= 4 is 17.5 Å². The average molecular weight is 454 g/mol. The quantitative estimate of drug-likeness (QED) is 0.456. The van der Waals surface area contributed by atoms with E-state index in [4.69, 9.17) is 0 Å². The fraction of sp³-hybridized carbons (Fsp3) is 0.522. The molecule has 0 aliphatic heterocycles. The van der Waals surface area contributed by atoms with Crippen molar-refractivity contribution in [3.63, 3.8) is 0 Å². The Morgan fingerprint density at radius 1 is 1.27 bits per heavy atom. The highest BCUT2D eigenvalue weighted by atomic mass is 16.3. The molecule has 1 atom stereocenters. The molecule has 0 spiro atoms. The van der Waals surface area contributed by atoms with Gasteiger partial charge in [-0.25, -0.2) is 9.50 Å². The third-order valence-electron chi connectivity index (χ3n) is 5.58. The standard InChI is InChI=1S/C23H31N7O3/c1-14(2)30-18(7-8-25-30)22(32)24-12-17-13-29-19(27-17)9-16(11-26-29)21(15-5-6-15)28-20(31)10-23(3,4)33/h7-9,11,13-15,21,33H,5-6,10,12H2,1-4H3,(H,24,32)(H,28,31). The van der Waals surface area contributed by atoms with E-state index in [9.17, 15) is 14.7 Å². The van der Waals surface area contributed by atoms with E-state index >= 15 is 0 Å². The molecule has 3 aromatic rings. The minimum absolute atomic E-state index is 0.0365. The normalized spacial score (nSPS) is 15.1. The molecule has 3 aromatic heterocycles. The highest BCUT2D eigenvalue weighted by molar-refractivity contribution is 5.92. The Bertz CT molecular complexity index is 1150. The van der Waals surface area contributed by atoms with E-state index in [0.717, 1.165) is 18.4 Å². The van der Waals surface area contributed by atoms with Gasteiger partial charge < -0.3 is 15.7 Å². The number of carbonyl (C=O) groups excluding carboxylic acids is 2. The van der Waals surface area contributed by atoms with Gasteiger partial charge in [-0.3, -0.25) is 14.3 Å². The number of nitrogens with zero attached hydrogens (tertiary/aromatic N) is 5. The van der Waals surface area contributed by atoms with Crippen molar-refractivity contribution in [1.29, 1.82) is 0 Å². The van der Waals surface area contributed by atoms with E-state index in [1.165, 1.54) is 0 Å². The van der Waals surface area contributed by atoms with Crippen LogP contribution in [-0.2, 0) is 11.3 Å². The van der Waals surface area contributed by atoms with Gasteiger partial charge in [0.2, 0.25) is 5.91 Å². The first kappa shape index (κ1) is 22.9. The molecule has 176 valence electrons. The van der Waals surface area contributed by atoms with Crippen LogP contribution in [0.15, 0.2) is 30.7 Å². The summed E-state index contributed by atoms with van der Waals surface area (Å²) in [6, 6.07) is 3.53. The first-order valence-corrected chi connectivity index (χ1v) is 11.3. The third kappa shape index (κ3) is 5.57. The molecule has 0 radical (unpaired) electrons. The van der Waals surface area contributed by atoms with Crippen molar-refractivity contribution in [3.05, 3.63) is 47.7 Å². The molecule has 1 fully saturated rings. The number of hydrogen-bond donors (Lipinski definition) is 3. The van der Waals surface area contributed by atoms with Crippen LogP contribution >= 0.6 is 0 Å². The van der Waals surface area contributed by atoms with Gasteiger partial charge in [-0.2, -0.15) is 10.2 Å². The van der Waals surface area contributed by atoms with Crippen LogP contribution in [0.3, 0.4) is 0 Å². The number of imidazole rings is 1. The fourth-order valence-electron chi connectivity index (χ4n) is 3.88. The topological polar surface area (TPSA) is 126 Å². The molecule has 1 aliphatic carbocycles. The molecule has 4 rings (SSSR count). The number of amides is 2. The highest BCUT2D eigenvalue weighted by Crippen LogP contribution is 2.41. The molecule has 0 saturated heterocycles. The molecule has 1 unspecified atom stereocenters. The van der Waals surface area contributed by atoms with E-state index in [-0.39, 0.29) is 36.9 Å². The lowest BCUT2D eigenvalue weighted by molar-refractivity contribution is -0.125. The van der Waals surface area contributed by atoms with Crippen LogP contribution in [0.2, 0.25) is 0 Å². The van der Waals surface area contributed by atoms with Gasteiger partial charge in [0.25, 0.3) is 5.91 Å². The Kier molecular flexibility index (Phi) is 6.20. The second kappa shape index (κ2) is 8.93.